The van der Waals surface area contributed by atoms with Crippen LogP contribution in [0.2, 0.25) is 0 Å². The summed E-state index contributed by atoms with van der Waals surface area (Å²) in [6.07, 6.45) is -2.62. The maximum Gasteiger partial charge on any atom is 0.422 e. The second-order valence-corrected chi connectivity index (χ2v) is 5.00. The van der Waals surface area contributed by atoms with Gasteiger partial charge in [-0.05, 0) is 29.8 Å². The van der Waals surface area contributed by atoms with Gasteiger partial charge in [0.1, 0.15) is 5.75 Å². The molecule has 0 saturated heterocycles. The summed E-state index contributed by atoms with van der Waals surface area (Å²) in [6, 6.07) is 12.3. The molecule has 0 aliphatic rings. The van der Waals surface area contributed by atoms with Gasteiger partial charge in [0.05, 0.1) is 5.03 Å². The van der Waals surface area contributed by atoms with Crippen LogP contribution in [0.4, 0.5) is 13.2 Å². The zero-order chi connectivity index (χ0) is 14.4. The molecule has 0 N–H and O–H groups in total. The predicted molar refractivity (Wildman–Crippen MR) is 71.8 cm³/mol. The molecule has 2 rings (SSSR count). The third-order valence-corrected chi connectivity index (χ3v) is 3.34. The molecule has 6 heteroatoms. The van der Waals surface area contributed by atoms with E-state index in [1.54, 1.807) is 18.3 Å². The minimum atomic E-state index is -4.32. The lowest BCUT2D eigenvalue weighted by atomic mass is 10.2. The fraction of sp³-hybridized carbons (Fsp3) is 0.214. The number of rotatable bonds is 5. The Morgan fingerprint density at radius 3 is 2.65 bits per heavy atom. The first kappa shape index (κ1) is 14.7. The summed E-state index contributed by atoms with van der Waals surface area (Å²) in [4.78, 5) is 4.17. The summed E-state index contributed by atoms with van der Waals surface area (Å²) in [5, 5.41) is 0.870. The van der Waals surface area contributed by atoms with Gasteiger partial charge in [-0.15, -0.1) is 11.8 Å². The zero-order valence-corrected chi connectivity index (χ0v) is 11.2. The Labute approximate surface area is 119 Å². The van der Waals surface area contributed by atoms with E-state index < -0.39 is 12.8 Å². The van der Waals surface area contributed by atoms with Gasteiger partial charge in [0.25, 0.3) is 0 Å². The van der Waals surface area contributed by atoms with E-state index in [1.807, 2.05) is 24.3 Å². The number of alkyl halides is 3. The van der Waals surface area contributed by atoms with Crippen LogP contribution in [-0.2, 0) is 5.75 Å². The van der Waals surface area contributed by atoms with Crippen molar-refractivity contribution in [3.8, 4) is 5.75 Å². The third kappa shape index (κ3) is 5.13. The number of nitrogens with zero attached hydrogens (tertiary/aromatic N) is 1. The molecule has 0 amide bonds. The van der Waals surface area contributed by atoms with Gasteiger partial charge >= 0.3 is 6.18 Å². The maximum absolute atomic E-state index is 12.1. The molecule has 1 heterocycles. The van der Waals surface area contributed by atoms with Crippen LogP contribution in [-0.4, -0.2) is 17.8 Å². The van der Waals surface area contributed by atoms with Gasteiger partial charge in [-0.25, -0.2) is 4.98 Å². The number of halogens is 3. The molecule has 2 nitrogen and oxygen atoms in total. The van der Waals surface area contributed by atoms with E-state index in [0.717, 1.165) is 10.6 Å². The van der Waals surface area contributed by atoms with Gasteiger partial charge in [-0.2, -0.15) is 13.2 Å². The van der Waals surface area contributed by atoms with E-state index in [4.69, 9.17) is 4.74 Å². The van der Waals surface area contributed by atoms with Crippen LogP contribution in [0.5, 0.6) is 5.75 Å². The molecule has 0 aliphatic carbocycles. The van der Waals surface area contributed by atoms with Crippen molar-refractivity contribution < 1.29 is 17.9 Å². The predicted octanol–water partition coefficient (Wildman–Crippen LogP) is 4.32. The molecule has 0 fully saturated rings. The molecule has 20 heavy (non-hydrogen) atoms. The standard InChI is InChI=1S/C14H12F3NOS/c15-14(16,17)10-19-12-5-3-4-11(8-12)9-20-13-6-1-2-7-18-13/h1-8H,9-10H2. The first-order chi connectivity index (χ1) is 9.53. The lowest BCUT2D eigenvalue weighted by molar-refractivity contribution is -0.153. The Hall–Kier alpha value is -1.69. The number of benzene rings is 1. The molecule has 1 aromatic carbocycles. The lowest BCUT2D eigenvalue weighted by Crippen LogP contribution is -2.19. The lowest BCUT2D eigenvalue weighted by Gasteiger charge is -2.10. The van der Waals surface area contributed by atoms with E-state index in [1.165, 1.54) is 17.8 Å². The summed E-state index contributed by atoms with van der Waals surface area (Å²) >= 11 is 1.52. The van der Waals surface area contributed by atoms with Crippen LogP contribution < -0.4 is 4.74 Å². The van der Waals surface area contributed by atoms with Gasteiger partial charge in [-0.1, -0.05) is 18.2 Å². The average Bonchev–Trinajstić information content (AvgIpc) is 2.44. The largest absolute Gasteiger partial charge is 0.484 e. The second kappa shape index (κ2) is 6.65. The SMILES string of the molecule is FC(F)(F)COc1cccc(CSc2ccccn2)c1. The Bertz CT molecular complexity index is 546. The monoisotopic (exact) mass is 299 g/mol. The Balaban J connectivity index is 1.92. The van der Waals surface area contributed by atoms with Crippen molar-refractivity contribution in [2.45, 2.75) is 17.0 Å². The molecule has 106 valence electrons. The topological polar surface area (TPSA) is 22.1 Å². The molecule has 0 bridgehead atoms. The van der Waals surface area contributed by atoms with E-state index in [0.29, 0.717) is 5.75 Å². The normalized spacial score (nSPS) is 11.3. The Kier molecular flexibility index (Phi) is 4.89. The van der Waals surface area contributed by atoms with E-state index in [-0.39, 0.29) is 5.75 Å². The summed E-state index contributed by atoms with van der Waals surface area (Å²) in [5.74, 6) is 0.849. The van der Waals surface area contributed by atoms with Crippen molar-refractivity contribution >= 4 is 11.8 Å². The van der Waals surface area contributed by atoms with E-state index in [9.17, 15) is 13.2 Å². The number of aromatic nitrogens is 1. The van der Waals surface area contributed by atoms with Crippen LogP contribution in [0.1, 0.15) is 5.56 Å². The zero-order valence-electron chi connectivity index (χ0n) is 10.4. The molecule has 0 spiro atoms. The number of ether oxygens (including phenoxy) is 1. The van der Waals surface area contributed by atoms with E-state index in [2.05, 4.69) is 4.98 Å². The molecule has 0 saturated carbocycles. The number of pyridine rings is 1. The van der Waals surface area contributed by atoms with Crippen LogP contribution in [0, 0.1) is 0 Å². The van der Waals surface area contributed by atoms with Crippen LogP contribution in [0.15, 0.2) is 53.7 Å². The van der Waals surface area contributed by atoms with Crippen LogP contribution in [0.25, 0.3) is 0 Å². The number of hydrogen-bond donors (Lipinski definition) is 0. The third-order valence-electron chi connectivity index (χ3n) is 2.33. The second-order valence-electron chi connectivity index (χ2n) is 4.01. The first-order valence-corrected chi connectivity index (χ1v) is 6.84. The molecule has 0 atom stereocenters. The molecule has 2 aromatic rings. The maximum atomic E-state index is 12.1. The van der Waals surface area contributed by atoms with Crippen LogP contribution >= 0.6 is 11.8 Å². The summed E-state index contributed by atoms with van der Waals surface area (Å²) < 4.78 is 40.9. The number of thioether (sulfide) groups is 1. The molecular weight excluding hydrogens is 287 g/mol. The van der Waals surface area contributed by atoms with Crippen LogP contribution in [0.3, 0.4) is 0 Å². The summed E-state index contributed by atoms with van der Waals surface area (Å²) in [6.45, 7) is -1.27. The van der Waals surface area contributed by atoms with Gasteiger partial charge in [-0.3, -0.25) is 0 Å². The van der Waals surface area contributed by atoms with Crippen molar-refractivity contribution in [1.82, 2.24) is 4.98 Å². The Morgan fingerprint density at radius 2 is 1.95 bits per heavy atom. The summed E-state index contributed by atoms with van der Waals surface area (Å²) in [5.41, 5.74) is 0.889. The molecule has 0 radical (unpaired) electrons. The highest BCUT2D eigenvalue weighted by Gasteiger charge is 2.28. The van der Waals surface area contributed by atoms with Crippen molar-refractivity contribution in [1.29, 1.82) is 0 Å². The highest BCUT2D eigenvalue weighted by atomic mass is 32.2. The van der Waals surface area contributed by atoms with E-state index >= 15 is 0 Å². The van der Waals surface area contributed by atoms with Gasteiger partial charge in [0.15, 0.2) is 6.61 Å². The quantitative estimate of drug-likeness (QED) is 0.768. The minimum absolute atomic E-state index is 0.224. The van der Waals surface area contributed by atoms with Crippen molar-refractivity contribution in [3.05, 3.63) is 54.2 Å². The van der Waals surface area contributed by atoms with Crippen molar-refractivity contribution in [2.75, 3.05) is 6.61 Å². The average molecular weight is 299 g/mol. The van der Waals surface area contributed by atoms with Crippen molar-refractivity contribution in [2.24, 2.45) is 0 Å². The molecule has 1 aromatic heterocycles. The first-order valence-electron chi connectivity index (χ1n) is 5.85. The molecular formula is C14H12F3NOS. The molecule has 0 aliphatic heterocycles. The summed E-state index contributed by atoms with van der Waals surface area (Å²) in [7, 11) is 0. The fourth-order valence-electron chi connectivity index (χ4n) is 1.48. The van der Waals surface area contributed by atoms with Crippen molar-refractivity contribution in [3.63, 3.8) is 0 Å². The fourth-order valence-corrected chi connectivity index (χ4v) is 2.28. The molecule has 0 unspecified atom stereocenters. The highest BCUT2D eigenvalue weighted by Crippen LogP contribution is 2.24. The van der Waals surface area contributed by atoms with Gasteiger partial charge in [0, 0.05) is 11.9 Å². The minimum Gasteiger partial charge on any atom is -0.484 e. The smallest absolute Gasteiger partial charge is 0.422 e. The van der Waals surface area contributed by atoms with Gasteiger partial charge < -0.3 is 4.74 Å². The van der Waals surface area contributed by atoms with Gasteiger partial charge in [0.2, 0.25) is 0 Å². The Morgan fingerprint density at radius 1 is 1.10 bits per heavy atom. The number of hydrogen-bond acceptors (Lipinski definition) is 3. The highest BCUT2D eigenvalue weighted by molar-refractivity contribution is 7.98.